The average molecular weight is 434 g/mol. The standard InChI is InChI=1S/C20H20FN3O3S2/c1-3-26-16-10-7-14(11-17(16)27-4-2)18(25)22-19-23-24-20(29-19)28-12-13-5-8-15(21)9-6-13/h5-11H,3-4,12H2,1-2H3,(H,22,23,25). The second-order valence-electron chi connectivity index (χ2n) is 5.77. The van der Waals surface area contributed by atoms with Crippen LogP contribution in [0, 0.1) is 5.82 Å². The maximum Gasteiger partial charge on any atom is 0.257 e. The van der Waals surface area contributed by atoms with E-state index in [-0.39, 0.29) is 11.7 Å². The monoisotopic (exact) mass is 433 g/mol. The van der Waals surface area contributed by atoms with Crippen LogP contribution in [0.1, 0.15) is 29.8 Å². The zero-order valence-electron chi connectivity index (χ0n) is 16.0. The van der Waals surface area contributed by atoms with Crippen molar-refractivity contribution in [2.24, 2.45) is 0 Å². The molecule has 0 aliphatic heterocycles. The van der Waals surface area contributed by atoms with E-state index in [0.29, 0.717) is 45.5 Å². The molecule has 0 aliphatic rings. The van der Waals surface area contributed by atoms with E-state index in [1.54, 1.807) is 30.3 Å². The van der Waals surface area contributed by atoms with Gasteiger partial charge in [-0.2, -0.15) is 0 Å². The normalized spacial score (nSPS) is 10.6. The first-order valence-corrected chi connectivity index (χ1v) is 10.8. The van der Waals surface area contributed by atoms with Crippen LogP contribution in [-0.4, -0.2) is 29.3 Å². The van der Waals surface area contributed by atoms with E-state index in [2.05, 4.69) is 15.5 Å². The molecule has 0 radical (unpaired) electrons. The SMILES string of the molecule is CCOc1ccc(C(=O)Nc2nnc(SCc3ccc(F)cc3)s2)cc1OCC. The van der Waals surface area contributed by atoms with Gasteiger partial charge in [-0.1, -0.05) is 35.2 Å². The zero-order valence-corrected chi connectivity index (χ0v) is 17.6. The van der Waals surface area contributed by atoms with Gasteiger partial charge in [0.25, 0.3) is 5.91 Å². The van der Waals surface area contributed by atoms with Crippen LogP contribution in [-0.2, 0) is 5.75 Å². The Morgan fingerprint density at radius 3 is 2.52 bits per heavy atom. The first-order chi connectivity index (χ1) is 14.1. The molecule has 0 saturated carbocycles. The van der Waals surface area contributed by atoms with Crippen molar-refractivity contribution in [1.82, 2.24) is 10.2 Å². The molecule has 0 fully saturated rings. The molecule has 1 heterocycles. The molecule has 2 aromatic carbocycles. The van der Waals surface area contributed by atoms with E-state index in [1.807, 2.05) is 13.8 Å². The quantitative estimate of drug-likeness (QED) is 0.377. The van der Waals surface area contributed by atoms with Crippen LogP contribution < -0.4 is 14.8 Å². The fourth-order valence-electron chi connectivity index (χ4n) is 2.41. The number of amides is 1. The molecule has 0 bridgehead atoms. The maximum absolute atomic E-state index is 13.0. The van der Waals surface area contributed by atoms with Crippen molar-refractivity contribution in [3.63, 3.8) is 0 Å². The summed E-state index contributed by atoms with van der Waals surface area (Å²) in [6, 6.07) is 11.3. The van der Waals surface area contributed by atoms with Crippen LogP contribution in [0.4, 0.5) is 9.52 Å². The number of rotatable bonds is 9. The van der Waals surface area contributed by atoms with E-state index < -0.39 is 0 Å². The number of nitrogens with one attached hydrogen (secondary N) is 1. The third-order valence-corrected chi connectivity index (χ3v) is 5.75. The van der Waals surface area contributed by atoms with E-state index in [0.717, 1.165) is 5.56 Å². The van der Waals surface area contributed by atoms with Gasteiger partial charge in [0.2, 0.25) is 5.13 Å². The third kappa shape index (κ3) is 5.91. The largest absolute Gasteiger partial charge is 0.490 e. The van der Waals surface area contributed by atoms with Crippen molar-refractivity contribution in [3.8, 4) is 11.5 Å². The number of hydrogen-bond donors (Lipinski definition) is 1. The predicted octanol–water partition coefficient (Wildman–Crippen LogP) is 5.02. The highest BCUT2D eigenvalue weighted by molar-refractivity contribution is 8.00. The molecule has 0 unspecified atom stereocenters. The van der Waals surface area contributed by atoms with Crippen molar-refractivity contribution >= 4 is 34.1 Å². The Hall–Kier alpha value is -2.65. The minimum absolute atomic E-state index is 0.263. The zero-order chi connectivity index (χ0) is 20.6. The molecule has 152 valence electrons. The minimum Gasteiger partial charge on any atom is -0.490 e. The van der Waals surface area contributed by atoms with E-state index in [9.17, 15) is 9.18 Å². The molecule has 0 saturated heterocycles. The van der Waals surface area contributed by atoms with Gasteiger partial charge in [-0.3, -0.25) is 10.1 Å². The number of anilines is 1. The second kappa shape index (κ2) is 10.2. The summed E-state index contributed by atoms with van der Waals surface area (Å²) < 4.78 is 24.7. The number of aromatic nitrogens is 2. The van der Waals surface area contributed by atoms with Crippen LogP contribution in [0.2, 0.25) is 0 Å². The van der Waals surface area contributed by atoms with Gasteiger partial charge >= 0.3 is 0 Å². The van der Waals surface area contributed by atoms with Gasteiger partial charge in [0.1, 0.15) is 5.82 Å². The summed E-state index contributed by atoms with van der Waals surface area (Å²) in [5.41, 5.74) is 1.42. The van der Waals surface area contributed by atoms with Gasteiger partial charge in [-0.25, -0.2) is 4.39 Å². The molecular formula is C20H20FN3O3S2. The Kier molecular flexibility index (Phi) is 7.42. The highest BCUT2D eigenvalue weighted by Gasteiger charge is 2.14. The first-order valence-electron chi connectivity index (χ1n) is 9.00. The fourth-order valence-corrected chi connectivity index (χ4v) is 4.11. The molecule has 3 rings (SSSR count). The lowest BCUT2D eigenvalue weighted by atomic mass is 10.2. The van der Waals surface area contributed by atoms with Gasteiger partial charge in [-0.05, 0) is 49.7 Å². The van der Waals surface area contributed by atoms with Crippen LogP contribution in [0.3, 0.4) is 0 Å². The highest BCUT2D eigenvalue weighted by Crippen LogP contribution is 2.30. The third-order valence-electron chi connectivity index (χ3n) is 3.71. The molecule has 0 aliphatic carbocycles. The molecule has 1 amide bonds. The van der Waals surface area contributed by atoms with Crippen LogP contribution in [0.5, 0.6) is 11.5 Å². The summed E-state index contributed by atoms with van der Waals surface area (Å²) in [6.45, 7) is 4.73. The molecule has 1 aromatic heterocycles. The lowest BCUT2D eigenvalue weighted by Crippen LogP contribution is -2.12. The number of benzene rings is 2. The Labute approximate surface area is 176 Å². The van der Waals surface area contributed by atoms with E-state index >= 15 is 0 Å². The molecular weight excluding hydrogens is 413 g/mol. The summed E-state index contributed by atoms with van der Waals surface area (Å²) >= 11 is 2.76. The number of ether oxygens (including phenoxy) is 2. The maximum atomic E-state index is 13.0. The number of carbonyl (C=O) groups excluding carboxylic acids is 1. The minimum atomic E-state index is -0.305. The summed E-state index contributed by atoms with van der Waals surface area (Å²) in [4.78, 5) is 12.5. The summed E-state index contributed by atoms with van der Waals surface area (Å²) in [7, 11) is 0. The Morgan fingerprint density at radius 2 is 1.79 bits per heavy atom. The second-order valence-corrected chi connectivity index (χ2v) is 7.97. The Balaban J connectivity index is 1.62. The number of nitrogens with zero attached hydrogens (tertiary/aromatic N) is 2. The van der Waals surface area contributed by atoms with Gasteiger partial charge < -0.3 is 9.47 Å². The molecule has 0 spiro atoms. The van der Waals surface area contributed by atoms with Gasteiger partial charge in [0, 0.05) is 11.3 Å². The van der Waals surface area contributed by atoms with Gasteiger partial charge in [0.05, 0.1) is 13.2 Å². The molecule has 0 atom stereocenters. The topological polar surface area (TPSA) is 73.3 Å². The van der Waals surface area contributed by atoms with Crippen LogP contribution in [0.25, 0.3) is 0 Å². The van der Waals surface area contributed by atoms with Crippen molar-refractivity contribution < 1.29 is 18.7 Å². The molecule has 6 nitrogen and oxygen atoms in total. The van der Waals surface area contributed by atoms with Crippen molar-refractivity contribution in [1.29, 1.82) is 0 Å². The fraction of sp³-hybridized carbons (Fsp3) is 0.250. The first kappa shape index (κ1) is 21.1. The number of halogens is 1. The number of hydrogen-bond acceptors (Lipinski definition) is 7. The number of thioether (sulfide) groups is 1. The molecule has 1 N–H and O–H groups in total. The lowest BCUT2D eigenvalue weighted by molar-refractivity contribution is 0.102. The van der Waals surface area contributed by atoms with Gasteiger partial charge in [0.15, 0.2) is 15.8 Å². The molecule has 3 aromatic rings. The Morgan fingerprint density at radius 1 is 1.07 bits per heavy atom. The predicted molar refractivity (Wildman–Crippen MR) is 113 cm³/mol. The van der Waals surface area contributed by atoms with E-state index in [1.165, 1.54) is 35.2 Å². The Bertz CT molecular complexity index is 964. The van der Waals surface area contributed by atoms with E-state index in [4.69, 9.17) is 9.47 Å². The summed E-state index contributed by atoms with van der Waals surface area (Å²) in [6.07, 6.45) is 0. The lowest BCUT2D eigenvalue weighted by Gasteiger charge is -2.12. The van der Waals surface area contributed by atoms with Crippen LogP contribution >= 0.6 is 23.1 Å². The average Bonchev–Trinajstić information content (AvgIpc) is 3.16. The van der Waals surface area contributed by atoms with Crippen LogP contribution in [0.15, 0.2) is 46.8 Å². The highest BCUT2D eigenvalue weighted by atomic mass is 32.2. The smallest absolute Gasteiger partial charge is 0.257 e. The summed E-state index contributed by atoms with van der Waals surface area (Å²) in [5.74, 6) is 1.19. The van der Waals surface area contributed by atoms with Crippen molar-refractivity contribution in [3.05, 3.63) is 59.4 Å². The molecule has 9 heteroatoms. The summed E-state index contributed by atoms with van der Waals surface area (Å²) in [5, 5.41) is 11.3. The molecule has 29 heavy (non-hydrogen) atoms. The number of carbonyl (C=O) groups is 1. The van der Waals surface area contributed by atoms with Crippen molar-refractivity contribution in [2.75, 3.05) is 18.5 Å². The van der Waals surface area contributed by atoms with Gasteiger partial charge in [-0.15, -0.1) is 10.2 Å². The van der Waals surface area contributed by atoms with Crippen molar-refractivity contribution in [2.45, 2.75) is 23.9 Å².